The number of phenolic OH excluding ortho intramolecular Hbond substituents is 1. The molecule has 6 nitrogen and oxygen atoms in total. The van der Waals surface area contributed by atoms with Gasteiger partial charge in [0.05, 0.1) is 21.2 Å². The minimum atomic E-state index is -0.978. The Labute approximate surface area is 178 Å². The Morgan fingerprint density at radius 3 is 2.73 bits per heavy atom. The quantitative estimate of drug-likeness (QED) is 0.296. The lowest BCUT2D eigenvalue weighted by Crippen LogP contribution is -2.14. The van der Waals surface area contributed by atoms with Crippen LogP contribution in [-0.4, -0.2) is 31.4 Å². The number of thiazole rings is 1. The number of benzene rings is 2. The van der Waals surface area contributed by atoms with E-state index >= 15 is 4.39 Å². The Morgan fingerprint density at radius 2 is 2.00 bits per heavy atom. The lowest BCUT2D eigenvalue weighted by Gasteiger charge is -2.12. The highest BCUT2D eigenvalue weighted by molar-refractivity contribution is 7.18. The van der Waals surface area contributed by atoms with Gasteiger partial charge >= 0.3 is 0 Å². The first-order chi connectivity index (χ1) is 14.4. The number of aliphatic hydroxyl groups excluding tert-OH is 1. The Kier molecular flexibility index (Phi) is 5.33. The fourth-order valence-corrected chi connectivity index (χ4v) is 4.10. The molecule has 0 bridgehead atoms. The molecule has 152 valence electrons. The van der Waals surface area contributed by atoms with Crippen molar-refractivity contribution >= 4 is 39.0 Å². The zero-order chi connectivity index (χ0) is 21.4. The van der Waals surface area contributed by atoms with Crippen LogP contribution in [0.25, 0.3) is 32.6 Å². The predicted molar refractivity (Wildman–Crippen MR) is 112 cm³/mol. The molecule has 1 unspecified atom stereocenters. The molecule has 0 aliphatic heterocycles. The second kappa shape index (κ2) is 7.94. The number of nitrogens with zero attached hydrogens (tertiary/aromatic N) is 3. The van der Waals surface area contributed by atoms with Crippen LogP contribution in [-0.2, 0) is 0 Å². The summed E-state index contributed by atoms with van der Waals surface area (Å²) in [5, 5.41) is 23.0. The third-order valence-electron chi connectivity index (χ3n) is 4.30. The summed E-state index contributed by atoms with van der Waals surface area (Å²) in [6, 6.07) is 5.07. The molecule has 2 heterocycles. The van der Waals surface area contributed by atoms with E-state index in [9.17, 15) is 14.6 Å². The minimum absolute atomic E-state index is 0.0870. The molecule has 0 fully saturated rings. The van der Waals surface area contributed by atoms with Gasteiger partial charge < -0.3 is 15.5 Å². The van der Waals surface area contributed by atoms with E-state index in [1.54, 1.807) is 0 Å². The van der Waals surface area contributed by atoms with Crippen LogP contribution < -0.4 is 5.32 Å². The molecule has 2 aromatic carbocycles. The van der Waals surface area contributed by atoms with Gasteiger partial charge in [0.25, 0.3) is 0 Å². The smallest absolute Gasteiger partial charge is 0.185 e. The number of nitrogens with one attached hydrogen (secondary N) is 1. The van der Waals surface area contributed by atoms with Crippen molar-refractivity contribution in [3.05, 3.63) is 66.1 Å². The van der Waals surface area contributed by atoms with E-state index in [4.69, 9.17) is 11.6 Å². The maximum Gasteiger partial charge on any atom is 0.185 e. The molecule has 4 aromatic rings. The van der Waals surface area contributed by atoms with Gasteiger partial charge in [-0.2, -0.15) is 0 Å². The van der Waals surface area contributed by atoms with Crippen molar-refractivity contribution < 1.29 is 19.0 Å². The Morgan fingerprint density at radius 1 is 1.20 bits per heavy atom. The summed E-state index contributed by atoms with van der Waals surface area (Å²) in [5.41, 5.74) is -0.352. The van der Waals surface area contributed by atoms with Crippen molar-refractivity contribution in [1.82, 2.24) is 15.0 Å². The number of phenols is 1. The molecule has 0 saturated heterocycles. The first kappa shape index (κ1) is 20.1. The standard InChI is InChI=1S/C20H13ClF2N4O2S/c1-2-14(29)27-20-24-7-13(30-20)18-9-6-10(21)15(17(23)19(9)26-8-25-18)16-11(22)4-3-5-12(16)28/h2-8,14,28-29H,1H2,(H,24,27). The van der Waals surface area contributed by atoms with Gasteiger partial charge in [-0.1, -0.05) is 35.6 Å². The van der Waals surface area contributed by atoms with Gasteiger partial charge in [-0.15, -0.1) is 0 Å². The average Bonchev–Trinajstić information content (AvgIpc) is 3.17. The van der Waals surface area contributed by atoms with E-state index < -0.39 is 23.6 Å². The minimum Gasteiger partial charge on any atom is -0.507 e. The molecular weight excluding hydrogens is 434 g/mol. The van der Waals surface area contributed by atoms with E-state index in [-0.39, 0.29) is 21.7 Å². The zero-order valence-electron chi connectivity index (χ0n) is 15.1. The van der Waals surface area contributed by atoms with Gasteiger partial charge in [-0.05, 0) is 24.3 Å². The summed E-state index contributed by atoms with van der Waals surface area (Å²) < 4.78 is 29.7. The fraction of sp³-hybridized carbons (Fsp3) is 0.0500. The largest absolute Gasteiger partial charge is 0.507 e. The molecule has 4 rings (SSSR count). The van der Waals surface area contributed by atoms with E-state index in [0.29, 0.717) is 21.1 Å². The Bertz CT molecular complexity index is 1260. The van der Waals surface area contributed by atoms with Gasteiger partial charge in [0.1, 0.15) is 29.6 Å². The number of fused-ring (bicyclic) bond motifs is 1. The van der Waals surface area contributed by atoms with Crippen molar-refractivity contribution in [3.63, 3.8) is 0 Å². The molecule has 0 saturated carbocycles. The van der Waals surface area contributed by atoms with Crippen LogP contribution in [0.5, 0.6) is 5.75 Å². The van der Waals surface area contributed by atoms with E-state index in [2.05, 4.69) is 26.8 Å². The second-order valence-electron chi connectivity index (χ2n) is 6.15. The number of halogens is 3. The summed E-state index contributed by atoms with van der Waals surface area (Å²) in [7, 11) is 0. The predicted octanol–water partition coefficient (Wildman–Crippen LogP) is 4.97. The van der Waals surface area contributed by atoms with E-state index in [1.165, 1.54) is 48.1 Å². The lowest BCUT2D eigenvalue weighted by molar-refractivity contribution is 0.253. The molecular formula is C20H13ClF2N4O2S. The van der Waals surface area contributed by atoms with Crippen LogP contribution in [0.15, 0.2) is 49.4 Å². The topological polar surface area (TPSA) is 91.2 Å². The second-order valence-corrected chi connectivity index (χ2v) is 7.59. The monoisotopic (exact) mass is 446 g/mol. The van der Waals surface area contributed by atoms with Crippen LogP contribution in [0, 0.1) is 11.6 Å². The van der Waals surface area contributed by atoms with Gasteiger partial charge in [0, 0.05) is 17.1 Å². The first-order valence-electron chi connectivity index (χ1n) is 8.54. The number of hydrogen-bond acceptors (Lipinski definition) is 7. The van der Waals surface area contributed by atoms with Crippen molar-refractivity contribution in [1.29, 1.82) is 0 Å². The van der Waals surface area contributed by atoms with Crippen molar-refractivity contribution in [2.45, 2.75) is 6.23 Å². The normalized spacial score (nSPS) is 12.1. The van der Waals surface area contributed by atoms with Crippen molar-refractivity contribution in [3.8, 4) is 27.4 Å². The summed E-state index contributed by atoms with van der Waals surface area (Å²) in [5.74, 6) is -2.14. The highest BCUT2D eigenvalue weighted by Crippen LogP contribution is 2.42. The van der Waals surface area contributed by atoms with Crippen LogP contribution in [0.1, 0.15) is 0 Å². The number of hydrogen-bond donors (Lipinski definition) is 3. The zero-order valence-corrected chi connectivity index (χ0v) is 16.7. The van der Waals surface area contributed by atoms with Gasteiger partial charge in [-0.25, -0.2) is 23.7 Å². The van der Waals surface area contributed by atoms with Gasteiger partial charge in [0.15, 0.2) is 10.9 Å². The van der Waals surface area contributed by atoms with Gasteiger partial charge in [0.2, 0.25) is 0 Å². The molecule has 0 radical (unpaired) electrons. The molecule has 0 amide bonds. The maximum atomic E-state index is 15.4. The van der Waals surface area contributed by atoms with E-state index in [1.807, 2.05) is 0 Å². The molecule has 2 aromatic heterocycles. The molecule has 0 aliphatic carbocycles. The van der Waals surface area contributed by atoms with Crippen molar-refractivity contribution in [2.75, 3.05) is 5.32 Å². The summed E-state index contributed by atoms with van der Waals surface area (Å²) in [6.07, 6.45) is 3.00. The summed E-state index contributed by atoms with van der Waals surface area (Å²) in [6.45, 7) is 3.47. The number of aromatic nitrogens is 3. The van der Waals surface area contributed by atoms with Gasteiger partial charge in [-0.3, -0.25) is 0 Å². The van der Waals surface area contributed by atoms with E-state index in [0.717, 1.165) is 6.07 Å². The SMILES string of the molecule is C=CC(O)Nc1ncc(-c2ncnc3c(F)c(-c4c(O)cccc4F)c(Cl)cc23)s1. The van der Waals surface area contributed by atoms with Crippen LogP contribution >= 0.6 is 22.9 Å². The summed E-state index contributed by atoms with van der Waals surface area (Å²) >= 11 is 7.47. The molecule has 3 N–H and O–H groups in total. The number of anilines is 1. The first-order valence-corrected chi connectivity index (χ1v) is 9.74. The third-order valence-corrected chi connectivity index (χ3v) is 5.53. The third kappa shape index (κ3) is 3.47. The lowest BCUT2D eigenvalue weighted by atomic mass is 10.00. The molecule has 10 heteroatoms. The van der Waals surface area contributed by atoms with Crippen LogP contribution in [0.4, 0.5) is 13.9 Å². The highest BCUT2D eigenvalue weighted by atomic mass is 35.5. The molecule has 30 heavy (non-hydrogen) atoms. The Balaban J connectivity index is 1.89. The highest BCUT2D eigenvalue weighted by Gasteiger charge is 2.23. The number of aromatic hydroxyl groups is 1. The fourth-order valence-electron chi connectivity index (χ4n) is 2.95. The summed E-state index contributed by atoms with van der Waals surface area (Å²) in [4.78, 5) is 12.9. The number of rotatable bonds is 5. The van der Waals surface area contributed by atoms with Crippen molar-refractivity contribution in [2.24, 2.45) is 0 Å². The van der Waals surface area contributed by atoms with Crippen LogP contribution in [0.3, 0.4) is 0 Å². The maximum absolute atomic E-state index is 15.4. The number of aliphatic hydroxyl groups is 1. The average molecular weight is 447 g/mol. The molecule has 0 spiro atoms. The Hall–Kier alpha value is -3.14. The molecule has 0 aliphatic rings. The van der Waals surface area contributed by atoms with Crippen LogP contribution in [0.2, 0.25) is 5.02 Å². The molecule has 1 atom stereocenters.